The minimum Gasteiger partial charge on any atom is -0.461 e. The molecule has 12 bridgehead atoms. The Morgan fingerprint density at radius 2 is 1.56 bits per heavy atom. The number of aliphatic hydroxyl groups excluding tert-OH is 1. The first-order valence-corrected chi connectivity index (χ1v) is 32.8. The molecule has 25 heteroatoms. The van der Waals surface area contributed by atoms with Gasteiger partial charge in [-0.1, -0.05) is 43.4 Å². The number of Topliss-reactive ketones (excluding diaryl/α,β-unsaturated/α-hetero) is 1. The Bertz CT molecular complexity index is 2970. The second kappa shape index (κ2) is 29.1. The topological polar surface area (TPSA) is 278 Å². The van der Waals surface area contributed by atoms with Gasteiger partial charge < -0.3 is 66.7 Å². The summed E-state index contributed by atoms with van der Waals surface area (Å²) in [6, 6.07) is 9.14. The van der Waals surface area contributed by atoms with Gasteiger partial charge >= 0.3 is 5.97 Å². The van der Waals surface area contributed by atoms with Gasteiger partial charge in [0.2, 0.25) is 5.69 Å². The molecule has 6 unspecified atom stereocenters. The molecule has 12 rings (SSSR count). The quantitative estimate of drug-likeness (QED) is 0.0214. The number of sulfonamides is 1. The Balaban J connectivity index is 0.709. The number of benzene rings is 1. The SMILES string of the molecule is [C-]#[N+]c1ccc(S(=O)(=O)N(CCOCCOCCOCCN=[N+]=[N-])c2ccc(COC(=O)CC[C@@H](O)CC3O[C@H]4C[C@H]5OC(CC[C@@H]6OC(CC[C@@]78CC9O[C@H]%10[C@@H](O7)[C@H]7OC(CC[C@@H]7O[C@H]%10C9O8)CC(=O)C[C@@H]4[C@H]3OC)CC6=C)C[C@@H](C)C5=C)cc2)nc1. The van der Waals surface area contributed by atoms with Gasteiger partial charge in [0.25, 0.3) is 10.0 Å². The Morgan fingerprint density at radius 1 is 0.830 bits per heavy atom. The van der Waals surface area contributed by atoms with E-state index in [1.165, 1.54) is 18.3 Å². The number of ether oxygens (including phenoxy) is 13. The van der Waals surface area contributed by atoms with Gasteiger partial charge in [0, 0.05) is 75.6 Å². The summed E-state index contributed by atoms with van der Waals surface area (Å²) in [7, 11) is -2.62. The van der Waals surface area contributed by atoms with Crippen LogP contribution in [0.15, 0.2) is 77.0 Å². The van der Waals surface area contributed by atoms with Gasteiger partial charge in [-0.2, -0.15) is 8.42 Å². The van der Waals surface area contributed by atoms with Crippen molar-refractivity contribution < 1.29 is 84.7 Å². The van der Waals surface area contributed by atoms with Gasteiger partial charge in [0.1, 0.15) is 42.9 Å². The number of ketones is 1. The van der Waals surface area contributed by atoms with Gasteiger partial charge in [-0.15, -0.1) is 0 Å². The van der Waals surface area contributed by atoms with Crippen molar-refractivity contribution in [3.63, 3.8) is 0 Å². The van der Waals surface area contributed by atoms with Crippen molar-refractivity contribution >= 4 is 33.2 Å². The molecule has 88 heavy (non-hydrogen) atoms. The summed E-state index contributed by atoms with van der Waals surface area (Å²) < 4.78 is 112. The third-order valence-electron chi connectivity index (χ3n) is 19.0. The van der Waals surface area contributed by atoms with Crippen molar-refractivity contribution in [2.24, 2.45) is 17.0 Å². The minimum atomic E-state index is -4.22. The molecular formula is C63H84N6O18S. The Hall–Kier alpha value is -4.98. The monoisotopic (exact) mass is 1240 g/mol. The van der Waals surface area contributed by atoms with Gasteiger partial charge in [-0.05, 0) is 97.7 Å². The molecule has 1 aromatic heterocycles. The third-order valence-corrected chi connectivity index (χ3v) is 20.7. The molecule has 1 aromatic carbocycles. The maximum Gasteiger partial charge on any atom is 0.306 e. The predicted octanol–water partition coefficient (Wildman–Crippen LogP) is 7.50. The van der Waals surface area contributed by atoms with Crippen LogP contribution < -0.4 is 4.31 Å². The second-order valence-corrected chi connectivity index (χ2v) is 26.7. The summed E-state index contributed by atoms with van der Waals surface area (Å²) in [4.78, 5) is 37.9. The normalized spacial score (nSPS) is 35.6. The summed E-state index contributed by atoms with van der Waals surface area (Å²) in [6.45, 7) is 19.8. The number of pyridine rings is 1. The van der Waals surface area contributed by atoms with E-state index in [-0.39, 0.29) is 162 Å². The van der Waals surface area contributed by atoms with Gasteiger partial charge in [-0.25, -0.2) is 4.85 Å². The fourth-order valence-electron chi connectivity index (χ4n) is 14.5. The largest absolute Gasteiger partial charge is 0.461 e. The molecule has 24 nitrogen and oxygen atoms in total. The van der Waals surface area contributed by atoms with Crippen molar-refractivity contribution in [2.75, 3.05) is 64.1 Å². The number of esters is 1. The summed E-state index contributed by atoms with van der Waals surface area (Å²) in [6.07, 6.45) is 3.03. The average molecular weight is 1250 g/mol. The van der Waals surface area contributed by atoms with Crippen LogP contribution in [0.5, 0.6) is 0 Å². The van der Waals surface area contributed by atoms with E-state index in [0.717, 1.165) is 47.6 Å². The molecule has 1 spiro atoms. The molecule has 10 fully saturated rings. The van der Waals surface area contributed by atoms with Crippen molar-refractivity contribution in [1.82, 2.24) is 4.98 Å². The number of aliphatic hydroxyl groups is 1. The van der Waals surface area contributed by atoms with Crippen LogP contribution in [0.1, 0.15) is 109 Å². The molecule has 19 atom stereocenters. The summed E-state index contributed by atoms with van der Waals surface area (Å²) >= 11 is 0. The number of carbonyl (C=O) groups is 2. The van der Waals surface area contributed by atoms with E-state index in [1.807, 2.05) is 0 Å². The number of rotatable bonds is 23. The lowest BCUT2D eigenvalue weighted by Gasteiger charge is -2.47. The number of carbonyl (C=O) groups excluding carboxylic acids is 2. The van der Waals surface area contributed by atoms with Crippen molar-refractivity contribution in [2.45, 2.75) is 218 Å². The summed E-state index contributed by atoms with van der Waals surface area (Å²) in [5.41, 5.74) is 11.5. The number of nitrogens with zero attached hydrogens (tertiary/aromatic N) is 6. The van der Waals surface area contributed by atoms with Crippen molar-refractivity contribution in [3.8, 4) is 0 Å². The molecule has 0 aliphatic carbocycles. The van der Waals surface area contributed by atoms with E-state index in [0.29, 0.717) is 56.6 Å². The van der Waals surface area contributed by atoms with Crippen LogP contribution in [0, 0.1) is 18.4 Å². The molecule has 10 aliphatic rings. The van der Waals surface area contributed by atoms with Crippen LogP contribution in [0.25, 0.3) is 15.3 Å². The van der Waals surface area contributed by atoms with Gasteiger partial charge in [0.05, 0.1) is 126 Å². The van der Waals surface area contributed by atoms with Crippen LogP contribution in [0.4, 0.5) is 11.4 Å². The molecular weight excluding hydrogens is 1160 g/mol. The van der Waals surface area contributed by atoms with E-state index >= 15 is 0 Å². The molecule has 480 valence electrons. The molecule has 0 saturated carbocycles. The number of methoxy groups -OCH3 is 1. The van der Waals surface area contributed by atoms with Gasteiger partial charge in [-0.3, -0.25) is 18.9 Å². The minimum absolute atomic E-state index is 0.0107. The van der Waals surface area contributed by atoms with E-state index in [4.69, 9.17) is 73.7 Å². The number of aromatic nitrogens is 1. The lowest BCUT2D eigenvalue weighted by molar-refractivity contribution is -0.292. The van der Waals surface area contributed by atoms with E-state index in [1.54, 1.807) is 31.4 Å². The molecule has 0 radical (unpaired) electrons. The fourth-order valence-corrected chi connectivity index (χ4v) is 15.9. The van der Waals surface area contributed by atoms with Crippen LogP contribution in [0.3, 0.4) is 0 Å². The van der Waals surface area contributed by atoms with Crippen LogP contribution in [-0.4, -0.2) is 194 Å². The Kier molecular flexibility index (Phi) is 21.3. The molecule has 10 aliphatic heterocycles. The zero-order valence-corrected chi connectivity index (χ0v) is 51.1. The van der Waals surface area contributed by atoms with Crippen LogP contribution >= 0.6 is 0 Å². The van der Waals surface area contributed by atoms with Crippen LogP contribution in [-0.2, 0) is 87.8 Å². The molecule has 11 heterocycles. The molecule has 10 saturated heterocycles. The number of azide groups is 1. The predicted molar refractivity (Wildman–Crippen MR) is 314 cm³/mol. The first-order chi connectivity index (χ1) is 42.6. The highest BCUT2D eigenvalue weighted by molar-refractivity contribution is 7.92. The lowest BCUT2D eigenvalue weighted by atomic mass is 9.81. The maximum atomic E-state index is 14.5. The Morgan fingerprint density at radius 3 is 2.32 bits per heavy atom. The maximum absolute atomic E-state index is 14.5. The van der Waals surface area contributed by atoms with E-state index in [2.05, 4.69) is 39.9 Å². The lowest BCUT2D eigenvalue weighted by Crippen LogP contribution is -2.61. The zero-order chi connectivity index (χ0) is 61.5. The summed E-state index contributed by atoms with van der Waals surface area (Å²) in [5, 5.41) is 14.7. The standard InChI is InChI=1S/C63H84N6O18S/c1-37-28-45-12-14-49-38(2)29-47(80-49)18-19-63-34-54-59(86-63)60-61(85-54)62(87-63)58-50(84-60)15-13-46(82-58)30-44(71)31-48-52(33-51(81-45)39(37)3)83-53(57(48)75-5)32-43(70)11-17-56(72)79-36-40-6-9-42(10-7-40)69(88(73,74)55-16-8-41(65-4)35-66-55)21-23-77-25-27-78-26-24-76-22-20-67-68-64/h6-10,16,35,37,43,45-54,57-62,70H,2-3,11-15,17-34,36H2,1,5H3/t37-,43-,45?,46?,47?,48+,49+,50+,51-,52+,53?,54?,57-,58+,59?,60+,61-,62+,63+/m1/s1. The number of fused-ring (bicyclic) bond motifs is 6. The van der Waals surface area contributed by atoms with E-state index < -0.39 is 64.3 Å². The molecule has 1 N–H and O–H groups in total. The highest BCUT2D eigenvalue weighted by Crippen LogP contribution is 2.54. The first kappa shape index (κ1) is 64.5. The van der Waals surface area contributed by atoms with E-state index in [9.17, 15) is 23.1 Å². The number of hydrogen-bond acceptors (Lipinski definition) is 20. The molecule has 2 aromatic rings. The van der Waals surface area contributed by atoms with Gasteiger partial charge in [0.15, 0.2) is 10.8 Å². The Labute approximate surface area is 514 Å². The zero-order valence-electron chi connectivity index (χ0n) is 50.3. The third kappa shape index (κ3) is 15.0. The average Bonchev–Trinajstić information content (AvgIpc) is 1.56. The van der Waals surface area contributed by atoms with Crippen molar-refractivity contribution in [1.29, 1.82) is 0 Å². The smallest absolute Gasteiger partial charge is 0.306 e. The second-order valence-electron chi connectivity index (χ2n) is 24.9. The summed E-state index contributed by atoms with van der Waals surface area (Å²) in [5.74, 6) is -1.60. The fraction of sp³-hybridized carbons (Fsp3) is 0.714. The molecule has 0 amide bonds. The van der Waals surface area contributed by atoms with Crippen molar-refractivity contribution in [3.05, 3.63) is 94.3 Å². The first-order valence-electron chi connectivity index (χ1n) is 31.3. The highest BCUT2D eigenvalue weighted by atomic mass is 32.2. The number of anilines is 1. The van der Waals surface area contributed by atoms with Crippen LogP contribution in [0.2, 0.25) is 0 Å². The highest BCUT2D eigenvalue weighted by Gasteiger charge is 2.69. The number of hydrogen-bond donors (Lipinski definition) is 1.